The summed E-state index contributed by atoms with van der Waals surface area (Å²) in [6.45, 7) is 4.32. The van der Waals surface area contributed by atoms with Crippen molar-refractivity contribution in [2.45, 2.75) is 57.0 Å². The number of benzene rings is 1. The number of imidazole rings is 1. The first-order valence-corrected chi connectivity index (χ1v) is 11.3. The number of aliphatic hydroxyl groups is 1. The van der Waals surface area contributed by atoms with Crippen LogP contribution in [-0.4, -0.2) is 61.9 Å². The van der Waals surface area contributed by atoms with Crippen LogP contribution in [0.25, 0.3) is 16.7 Å². The van der Waals surface area contributed by atoms with E-state index in [4.69, 9.17) is 14.2 Å². The molecule has 1 aliphatic carbocycles. The molecule has 9 nitrogen and oxygen atoms in total. The maximum Gasteiger partial charge on any atom is 0.167 e. The van der Waals surface area contributed by atoms with Gasteiger partial charge in [0.15, 0.2) is 29.0 Å². The lowest BCUT2D eigenvalue weighted by molar-refractivity contribution is -0.199. The third-order valence-corrected chi connectivity index (χ3v) is 6.56. The average Bonchev–Trinajstić information content (AvgIpc) is 3.55. The van der Waals surface area contributed by atoms with Crippen molar-refractivity contribution >= 4 is 22.6 Å². The molecule has 2 saturated heterocycles. The molecule has 0 radical (unpaired) electrons. The standard InChI is InChI=1S/C24H27N5O4/c1-24(2)32-19-17(11-30)31-23(20(19)33-24)29-13-28-18-21(26-12-27-22(18)29)25-10-9-15-8-7-14-5-3-4-6-16(14)15/h3-6,8,12-13,17,19-20,23,30H,7,9-11H2,1-2H3,(H,25,26,27)/t17-,19+,20?,23-/m1/s1. The quantitative estimate of drug-likeness (QED) is 0.592. The van der Waals surface area contributed by atoms with E-state index in [-0.39, 0.29) is 18.8 Å². The van der Waals surface area contributed by atoms with Gasteiger partial charge in [-0.3, -0.25) is 4.57 Å². The number of fused-ring (bicyclic) bond motifs is 3. The summed E-state index contributed by atoms with van der Waals surface area (Å²) in [7, 11) is 0. The Morgan fingerprint density at radius 2 is 2.00 bits per heavy atom. The van der Waals surface area contributed by atoms with Gasteiger partial charge in [-0.15, -0.1) is 0 Å². The van der Waals surface area contributed by atoms with Gasteiger partial charge in [0, 0.05) is 6.54 Å². The molecule has 2 aromatic heterocycles. The van der Waals surface area contributed by atoms with Crippen molar-refractivity contribution in [2.24, 2.45) is 0 Å². The van der Waals surface area contributed by atoms with E-state index in [2.05, 4.69) is 50.6 Å². The van der Waals surface area contributed by atoms with Gasteiger partial charge in [-0.1, -0.05) is 30.3 Å². The number of hydrogen-bond acceptors (Lipinski definition) is 8. The highest BCUT2D eigenvalue weighted by Crippen LogP contribution is 2.43. The summed E-state index contributed by atoms with van der Waals surface area (Å²) in [6, 6.07) is 8.54. The lowest BCUT2D eigenvalue weighted by Gasteiger charge is -2.24. The highest BCUT2D eigenvalue weighted by atomic mass is 16.8. The smallest absolute Gasteiger partial charge is 0.167 e. The molecule has 0 amide bonds. The fourth-order valence-corrected chi connectivity index (χ4v) is 5.10. The third-order valence-electron chi connectivity index (χ3n) is 6.56. The second-order valence-electron chi connectivity index (χ2n) is 9.13. The van der Waals surface area contributed by atoms with Crippen LogP contribution in [0.3, 0.4) is 0 Å². The lowest BCUT2D eigenvalue weighted by Crippen LogP contribution is -2.31. The zero-order valence-electron chi connectivity index (χ0n) is 18.6. The van der Waals surface area contributed by atoms with Crippen LogP contribution in [-0.2, 0) is 20.6 Å². The van der Waals surface area contributed by atoms with Gasteiger partial charge in [0.25, 0.3) is 0 Å². The Balaban J connectivity index is 1.21. The molecule has 0 bridgehead atoms. The number of nitrogens with zero attached hydrogens (tertiary/aromatic N) is 4. The van der Waals surface area contributed by atoms with Crippen molar-refractivity contribution in [2.75, 3.05) is 18.5 Å². The van der Waals surface area contributed by atoms with E-state index in [1.807, 2.05) is 18.4 Å². The Kier molecular flexibility index (Phi) is 4.95. The molecular weight excluding hydrogens is 422 g/mol. The van der Waals surface area contributed by atoms with Crippen LogP contribution in [0.2, 0.25) is 0 Å². The molecule has 4 atom stereocenters. The second-order valence-corrected chi connectivity index (χ2v) is 9.13. The molecule has 2 aliphatic heterocycles. The monoisotopic (exact) mass is 449 g/mol. The molecule has 2 N–H and O–H groups in total. The van der Waals surface area contributed by atoms with E-state index in [9.17, 15) is 5.11 Å². The first kappa shape index (κ1) is 20.7. The Bertz CT molecular complexity index is 1220. The largest absolute Gasteiger partial charge is 0.394 e. The Morgan fingerprint density at radius 1 is 1.15 bits per heavy atom. The SMILES string of the molecule is CC1(C)OC2[C@@H](O1)[C@@H](CO)O[C@H]2n1cnc2c(NCCC3=CCc4ccccc43)ncnc21. The van der Waals surface area contributed by atoms with Gasteiger partial charge >= 0.3 is 0 Å². The Morgan fingerprint density at radius 3 is 2.88 bits per heavy atom. The first-order valence-electron chi connectivity index (χ1n) is 11.3. The van der Waals surface area contributed by atoms with E-state index in [1.54, 1.807) is 6.33 Å². The van der Waals surface area contributed by atoms with Crippen LogP contribution < -0.4 is 5.32 Å². The van der Waals surface area contributed by atoms with Gasteiger partial charge in [0.1, 0.15) is 24.6 Å². The van der Waals surface area contributed by atoms with Crippen molar-refractivity contribution in [1.29, 1.82) is 0 Å². The van der Waals surface area contributed by atoms with Crippen LogP contribution in [0.1, 0.15) is 37.6 Å². The number of ether oxygens (including phenoxy) is 3. The summed E-state index contributed by atoms with van der Waals surface area (Å²) in [5, 5.41) is 13.2. The molecule has 172 valence electrons. The maximum absolute atomic E-state index is 9.78. The van der Waals surface area contributed by atoms with Crippen LogP contribution in [0.4, 0.5) is 5.82 Å². The minimum absolute atomic E-state index is 0.148. The summed E-state index contributed by atoms with van der Waals surface area (Å²) in [4.78, 5) is 13.5. The van der Waals surface area contributed by atoms with Crippen molar-refractivity contribution in [3.05, 3.63) is 54.1 Å². The number of anilines is 1. The van der Waals surface area contributed by atoms with Gasteiger partial charge in [-0.2, -0.15) is 0 Å². The van der Waals surface area contributed by atoms with E-state index in [0.29, 0.717) is 17.0 Å². The van der Waals surface area contributed by atoms with E-state index in [1.165, 1.54) is 23.0 Å². The molecule has 2 fully saturated rings. The molecule has 1 aromatic carbocycles. The van der Waals surface area contributed by atoms with Crippen LogP contribution in [0.5, 0.6) is 0 Å². The van der Waals surface area contributed by atoms with Crippen molar-refractivity contribution in [3.8, 4) is 0 Å². The summed E-state index contributed by atoms with van der Waals surface area (Å²) in [6.07, 6.45) is 5.72. The molecule has 3 aliphatic rings. The molecule has 1 unspecified atom stereocenters. The molecule has 33 heavy (non-hydrogen) atoms. The normalized spacial score (nSPS) is 27.5. The van der Waals surface area contributed by atoms with Crippen molar-refractivity contribution in [3.63, 3.8) is 0 Å². The second kappa shape index (κ2) is 7.88. The minimum atomic E-state index is -0.740. The van der Waals surface area contributed by atoms with E-state index >= 15 is 0 Å². The molecule has 0 spiro atoms. The zero-order chi connectivity index (χ0) is 22.6. The zero-order valence-corrected chi connectivity index (χ0v) is 18.6. The van der Waals surface area contributed by atoms with Crippen LogP contribution in [0.15, 0.2) is 43.0 Å². The fraction of sp³-hybridized carbons (Fsp3) is 0.458. The summed E-state index contributed by atoms with van der Waals surface area (Å²) < 4.78 is 20.0. The average molecular weight is 450 g/mol. The topological polar surface area (TPSA) is 104 Å². The molecule has 0 saturated carbocycles. The Hall–Kier alpha value is -2.85. The van der Waals surface area contributed by atoms with Gasteiger partial charge in [0.05, 0.1) is 12.9 Å². The summed E-state index contributed by atoms with van der Waals surface area (Å²) in [5.74, 6) is -0.0565. The fourth-order valence-electron chi connectivity index (χ4n) is 5.10. The lowest BCUT2D eigenvalue weighted by atomic mass is 10.0. The van der Waals surface area contributed by atoms with Crippen molar-refractivity contribution in [1.82, 2.24) is 19.5 Å². The highest BCUT2D eigenvalue weighted by molar-refractivity contribution is 5.83. The molecule has 9 heteroatoms. The number of nitrogens with one attached hydrogen (secondary N) is 1. The van der Waals surface area contributed by atoms with E-state index in [0.717, 1.165) is 19.4 Å². The first-order chi connectivity index (χ1) is 16.0. The van der Waals surface area contributed by atoms with Gasteiger partial charge in [0.2, 0.25) is 0 Å². The number of aromatic nitrogens is 4. The predicted molar refractivity (Wildman–Crippen MR) is 121 cm³/mol. The number of aliphatic hydroxyl groups excluding tert-OH is 1. The number of rotatable bonds is 6. The molecular formula is C24H27N5O4. The van der Waals surface area contributed by atoms with Gasteiger partial charge in [-0.25, -0.2) is 15.0 Å². The number of allylic oxidation sites excluding steroid dienone is 1. The minimum Gasteiger partial charge on any atom is -0.394 e. The van der Waals surface area contributed by atoms with Crippen LogP contribution in [0, 0.1) is 0 Å². The predicted octanol–water partition coefficient (Wildman–Crippen LogP) is 2.68. The summed E-state index contributed by atoms with van der Waals surface area (Å²) in [5.41, 5.74) is 5.39. The molecule has 6 rings (SSSR count). The van der Waals surface area contributed by atoms with Gasteiger partial charge in [-0.05, 0) is 43.4 Å². The maximum atomic E-state index is 9.78. The molecule has 3 aromatic rings. The van der Waals surface area contributed by atoms with Gasteiger partial charge < -0.3 is 24.6 Å². The van der Waals surface area contributed by atoms with Crippen molar-refractivity contribution < 1.29 is 19.3 Å². The Labute approximate surface area is 191 Å². The van der Waals surface area contributed by atoms with Crippen LogP contribution >= 0.6 is 0 Å². The van der Waals surface area contributed by atoms with E-state index < -0.39 is 18.1 Å². The highest BCUT2D eigenvalue weighted by Gasteiger charge is 2.56. The third kappa shape index (κ3) is 3.52. The molecule has 4 heterocycles. The summed E-state index contributed by atoms with van der Waals surface area (Å²) >= 11 is 0. The number of hydrogen-bond donors (Lipinski definition) is 2.